The minimum absolute atomic E-state index is 0.0799. The molecule has 0 saturated carbocycles. The van der Waals surface area contributed by atoms with Crippen LogP contribution in [0.2, 0.25) is 0 Å². The lowest BCUT2D eigenvalue weighted by Crippen LogP contribution is -2.28. The molecule has 0 bridgehead atoms. The normalized spacial score (nSPS) is 15.4. The van der Waals surface area contributed by atoms with Crippen molar-refractivity contribution in [2.45, 2.75) is 46.1 Å². The van der Waals surface area contributed by atoms with Crippen LogP contribution < -0.4 is 10.7 Å². The number of amides is 1. The Hall–Kier alpha value is -2.39. The number of carbonyl (C=O) groups is 1. The smallest absolute Gasteiger partial charge is 0.372 e. The number of hydrogen-bond acceptors (Lipinski definition) is 7. The van der Waals surface area contributed by atoms with Gasteiger partial charge in [-0.1, -0.05) is 68.0 Å². The fourth-order valence-electron chi connectivity index (χ4n) is 3.12. The second kappa shape index (κ2) is 10.6. The average Bonchev–Trinajstić information content (AvgIpc) is 3.27. The zero-order valence-corrected chi connectivity index (χ0v) is 18.9. The van der Waals surface area contributed by atoms with Crippen LogP contribution in [0.4, 0.5) is 5.69 Å². The van der Waals surface area contributed by atoms with Crippen molar-refractivity contribution in [3.63, 3.8) is 0 Å². The number of aromatic nitrogens is 2. The number of aromatic amines is 1. The number of rotatable bonds is 10. The molecule has 0 unspecified atom stereocenters. The van der Waals surface area contributed by atoms with Crippen LogP contribution >= 0.6 is 24.0 Å². The molecule has 1 aromatic carbocycles. The third-order valence-electron chi connectivity index (χ3n) is 4.79. The topological polar surface area (TPSA) is 82.4 Å². The SMILES string of the molecule is CCCCN(CCCC)c1ccc(/C=C2\SC(=S)N(Cc3noc(=O)[nH]3)C2=O)cc1. The van der Waals surface area contributed by atoms with E-state index in [2.05, 4.69) is 45.5 Å². The standard InChI is InChI=1S/C21H26N4O3S2/c1-3-5-11-24(12-6-4-2)16-9-7-15(8-10-16)13-17-19(26)25(21(29)30-17)14-18-22-20(27)28-23-18/h7-10,13H,3-6,11-12,14H2,1-2H3,(H,22,23,27)/b17-13-. The fraction of sp³-hybridized carbons (Fsp3) is 0.429. The van der Waals surface area contributed by atoms with Gasteiger partial charge in [0.05, 0.1) is 11.4 Å². The van der Waals surface area contributed by atoms with Gasteiger partial charge in [0.2, 0.25) is 0 Å². The van der Waals surface area contributed by atoms with Crippen LogP contribution in [-0.4, -0.2) is 38.4 Å². The Morgan fingerprint density at radius 2 is 1.83 bits per heavy atom. The first kappa shape index (κ1) is 22.3. The number of benzene rings is 1. The number of thioether (sulfide) groups is 1. The third kappa shape index (κ3) is 5.60. The summed E-state index contributed by atoms with van der Waals surface area (Å²) in [6.07, 6.45) is 6.53. The van der Waals surface area contributed by atoms with Gasteiger partial charge < -0.3 is 4.90 Å². The van der Waals surface area contributed by atoms with Gasteiger partial charge in [-0.05, 0) is 36.6 Å². The van der Waals surface area contributed by atoms with E-state index < -0.39 is 5.76 Å². The van der Waals surface area contributed by atoms with Crippen molar-refractivity contribution in [2.24, 2.45) is 0 Å². The zero-order chi connectivity index (χ0) is 21.5. The Balaban J connectivity index is 1.70. The van der Waals surface area contributed by atoms with Gasteiger partial charge >= 0.3 is 5.76 Å². The van der Waals surface area contributed by atoms with E-state index in [-0.39, 0.29) is 18.3 Å². The van der Waals surface area contributed by atoms with Crippen molar-refractivity contribution >= 4 is 46.0 Å². The number of carbonyl (C=O) groups excluding carboxylic acids is 1. The van der Waals surface area contributed by atoms with Crippen molar-refractivity contribution in [3.05, 3.63) is 51.1 Å². The van der Waals surface area contributed by atoms with E-state index in [0.29, 0.717) is 9.23 Å². The summed E-state index contributed by atoms with van der Waals surface area (Å²) in [5, 5.41) is 3.60. The second-order valence-electron chi connectivity index (χ2n) is 7.10. The molecular formula is C21H26N4O3S2. The molecule has 0 radical (unpaired) electrons. The molecule has 0 spiro atoms. The number of hydrogen-bond donors (Lipinski definition) is 1. The number of unbranched alkanes of at least 4 members (excludes halogenated alkanes) is 2. The van der Waals surface area contributed by atoms with Crippen LogP contribution in [-0.2, 0) is 11.3 Å². The van der Waals surface area contributed by atoms with Crippen molar-refractivity contribution in [2.75, 3.05) is 18.0 Å². The average molecular weight is 447 g/mol. The number of thiocarbonyl (C=S) groups is 1. The molecule has 1 amide bonds. The van der Waals surface area contributed by atoms with Crippen LogP contribution in [0.3, 0.4) is 0 Å². The molecule has 9 heteroatoms. The molecule has 1 fully saturated rings. The Bertz CT molecular complexity index is 957. The summed E-state index contributed by atoms with van der Waals surface area (Å²) in [6, 6.07) is 8.28. The maximum atomic E-state index is 12.7. The third-order valence-corrected chi connectivity index (χ3v) is 6.16. The Labute approximate surface area is 185 Å². The predicted octanol–water partition coefficient (Wildman–Crippen LogP) is 4.17. The second-order valence-corrected chi connectivity index (χ2v) is 8.77. The largest absolute Gasteiger partial charge is 0.438 e. The van der Waals surface area contributed by atoms with Gasteiger partial charge in [-0.15, -0.1) is 0 Å². The summed E-state index contributed by atoms with van der Waals surface area (Å²) in [5.74, 6) is -0.593. The number of nitrogens with zero attached hydrogens (tertiary/aromatic N) is 3. The lowest BCUT2D eigenvalue weighted by Gasteiger charge is -2.24. The molecule has 1 aromatic heterocycles. The van der Waals surface area contributed by atoms with E-state index in [0.717, 1.165) is 18.7 Å². The van der Waals surface area contributed by atoms with Crippen LogP contribution in [0.25, 0.3) is 6.08 Å². The van der Waals surface area contributed by atoms with Gasteiger partial charge in [-0.3, -0.25) is 19.2 Å². The van der Waals surface area contributed by atoms with Gasteiger partial charge in [0, 0.05) is 18.8 Å². The Morgan fingerprint density at radius 3 is 2.40 bits per heavy atom. The van der Waals surface area contributed by atoms with Gasteiger partial charge in [0.1, 0.15) is 4.32 Å². The van der Waals surface area contributed by atoms with Crippen molar-refractivity contribution < 1.29 is 9.32 Å². The molecule has 7 nitrogen and oxygen atoms in total. The molecule has 1 aliphatic heterocycles. The summed E-state index contributed by atoms with van der Waals surface area (Å²) in [6.45, 7) is 6.60. The monoisotopic (exact) mass is 446 g/mol. The molecule has 2 aromatic rings. The van der Waals surface area contributed by atoms with E-state index in [1.807, 2.05) is 18.2 Å². The predicted molar refractivity (Wildman–Crippen MR) is 124 cm³/mol. The van der Waals surface area contributed by atoms with E-state index in [9.17, 15) is 9.59 Å². The van der Waals surface area contributed by atoms with Crippen LogP contribution in [0, 0.1) is 0 Å². The summed E-state index contributed by atoms with van der Waals surface area (Å²) >= 11 is 6.57. The first-order valence-corrected chi connectivity index (χ1v) is 11.4. The molecule has 1 aliphatic rings. The summed E-state index contributed by atoms with van der Waals surface area (Å²) in [4.78, 5) is 30.6. The summed E-state index contributed by atoms with van der Waals surface area (Å²) in [7, 11) is 0. The number of nitrogens with one attached hydrogen (secondary N) is 1. The van der Waals surface area contributed by atoms with Crippen LogP contribution in [0.1, 0.15) is 50.9 Å². The molecular weight excluding hydrogens is 420 g/mol. The maximum absolute atomic E-state index is 12.7. The maximum Gasteiger partial charge on any atom is 0.438 e. The number of H-pyrrole nitrogens is 1. The lowest BCUT2D eigenvalue weighted by molar-refractivity contribution is -0.122. The van der Waals surface area contributed by atoms with E-state index in [1.165, 1.54) is 48.0 Å². The van der Waals surface area contributed by atoms with Crippen molar-refractivity contribution in [1.82, 2.24) is 15.0 Å². The minimum atomic E-state index is -0.655. The first-order chi connectivity index (χ1) is 14.5. The fourth-order valence-corrected chi connectivity index (χ4v) is 4.37. The van der Waals surface area contributed by atoms with E-state index in [1.54, 1.807) is 0 Å². The molecule has 2 heterocycles. The molecule has 1 saturated heterocycles. The van der Waals surface area contributed by atoms with Crippen LogP contribution in [0.5, 0.6) is 0 Å². The van der Waals surface area contributed by atoms with E-state index >= 15 is 0 Å². The summed E-state index contributed by atoms with van der Waals surface area (Å²) in [5.41, 5.74) is 2.15. The molecule has 1 N–H and O–H groups in total. The highest BCUT2D eigenvalue weighted by Crippen LogP contribution is 2.33. The highest BCUT2D eigenvalue weighted by molar-refractivity contribution is 8.26. The zero-order valence-electron chi connectivity index (χ0n) is 17.2. The molecule has 30 heavy (non-hydrogen) atoms. The minimum Gasteiger partial charge on any atom is -0.372 e. The molecule has 0 atom stereocenters. The Morgan fingerprint density at radius 1 is 1.17 bits per heavy atom. The summed E-state index contributed by atoms with van der Waals surface area (Å²) < 4.78 is 4.91. The quantitative estimate of drug-likeness (QED) is 0.433. The molecule has 3 rings (SSSR count). The van der Waals surface area contributed by atoms with Gasteiger partial charge in [-0.25, -0.2) is 4.79 Å². The molecule has 160 valence electrons. The highest BCUT2D eigenvalue weighted by atomic mass is 32.2. The van der Waals surface area contributed by atoms with Gasteiger partial charge in [0.15, 0.2) is 5.82 Å². The Kier molecular flexibility index (Phi) is 7.87. The first-order valence-electron chi connectivity index (χ1n) is 10.2. The van der Waals surface area contributed by atoms with Gasteiger partial charge in [0.25, 0.3) is 5.91 Å². The van der Waals surface area contributed by atoms with E-state index in [4.69, 9.17) is 12.2 Å². The van der Waals surface area contributed by atoms with Crippen molar-refractivity contribution in [3.8, 4) is 0 Å². The lowest BCUT2D eigenvalue weighted by atomic mass is 10.1. The van der Waals surface area contributed by atoms with Crippen LogP contribution in [0.15, 0.2) is 38.5 Å². The number of anilines is 1. The molecule has 0 aliphatic carbocycles. The van der Waals surface area contributed by atoms with Gasteiger partial charge in [-0.2, -0.15) is 0 Å². The van der Waals surface area contributed by atoms with Crippen molar-refractivity contribution in [1.29, 1.82) is 0 Å². The highest BCUT2D eigenvalue weighted by Gasteiger charge is 2.32.